The van der Waals surface area contributed by atoms with Crippen LogP contribution in [0.2, 0.25) is 0 Å². The second kappa shape index (κ2) is 7.75. The molecule has 132 valence electrons. The Morgan fingerprint density at radius 2 is 1.68 bits per heavy atom. The van der Waals surface area contributed by atoms with E-state index in [2.05, 4.69) is 10.1 Å². The minimum atomic E-state index is -4.38. The third kappa shape index (κ3) is 5.88. The van der Waals surface area contributed by atoms with Crippen molar-refractivity contribution >= 4 is 17.3 Å². The molecule has 2 aromatic carbocycles. The zero-order valence-electron chi connectivity index (χ0n) is 12.7. The summed E-state index contributed by atoms with van der Waals surface area (Å²) in [7, 11) is 0. The van der Waals surface area contributed by atoms with E-state index in [1.54, 1.807) is 0 Å². The molecule has 0 aliphatic carbocycles. The molecule has 6 nitrogen and oxygen atoms in total. The van der Waals surface area contributed by atoms with Gasteiger partial charge in [-0.25, -0.2) is 0 Å². The van der Waals surface area contributed by atoms with Crippen LogP contribution in [0.4, 0.5) is 24.5 Å². The maximum Gasteiger partial charge on any atom is 0.411 e. The molecule has 0 atom stereocenters. The topological polar surface area (TPSA) is 81.5 Å². The van der Waals surface area contributed by atoms with Gasteiger partial charge in [-0.05, 0) is 29.8 Å². The number of nitro groups is 1. The Bertz CT molecular complexity index is 743. The lowest BCUT2D eigenvalue weighted by Crippen LogP contribution is -2.16. The second-order valence-electron chi connectivity index (χ2n) is 5.06. The molecule has 2 aromatic rings. The Kier molecular flexibility index (Phi) is 5.71. The van der Waals surface area contributed by atoms with Crippen LogP contribution in [0.15, 0.2) is 48.5 Å². The van der Waals surface area contributed by atoms with Crippen molar-refractivity contribution in [1.29, 1.82) is 0 Å². The molecule has 0 bridgehead atoms. The summed E-state index contributed by atoms with van der Waals surface area (Å²) in [4.78, 5) is 22.1. The fraction of sp³-hybridized carbons (Fsp3) is 0.188. The molecule has 0 radical (unpaired) electrons. The number of nitro benzene ring substituents is 1. The van der Waals surface area contributed by atoms with E-state index in [9.17, 15) is 28.1 Å². The number of nitrogens with one attached hydrogen (secondary N) is 1. The average Bonchev–Trinajstić information content (AvgIpc) is 2.54. The van der Waals surface area contributed by atoms with Gasteiger partial charge in [-0.1, -0.05) is 12.1 Å². The monoisotopic (exact) mass is 354 g/mol. The van der Waals surface area contributed by atoms with Crippen LogP contribution in [0.3, 0.4) is 0 Å². The van der Waals surface area contributed by atoms with Gasteiger partial charge < -0.3 is 10.1 Å². The van der Waals surface area contributed by atoms with Crippen LogP contribution in [-0.2, 0) is 11.3 Å². The molecular weight excluding hydrogens is 341 g/mol. The SMILES string of the molecule is O=C(Nc1ccc([N+](=O)[O-])cc1)c1ccc(COCC(F)(F)F)cc1. The summed E-state index contributed by atoms with van der Waals surface area (Å²) in [5, 5.41) is 13.1. The molecule has 0 unspecified atom stereocenters. The lowest BCUT2D eigenvalue weighted by molar-refractivity contribution is -0.384. The van der Waals surface area contributed by atoms with Gasteiger partial charge in [0.1, 0.15) is 6.61 Å². The summed E-state index contributed by atoms with van der Waals surface area (Å²) in [6, 6.07) is 11.2. The number of ether oxygens (including phenoxy) is 1. The third-order valence-corrected chi connectivity index (χ3v) is 3.09. The van der Waals surface area contributed by atoms with Crippen molar-refractivity contribution in [2.24, 2.45) is 0 Å². The van der Waals surface area contributed by atoms with Gasteiger partial charge in [0.2, 0.25) is 0 Å². The zero-order valence-corrected chi connectivity index (χ0v) is 12.7. The summed E-state index contributed by atoms with van der Waals surface area (Å²) in [5.74, 6) is -0.448. The largest absolute Gasteiger partial charge is 0.411 e. The van der Waals surface area contributed by atoms with Gasteiger partial charge in [-0.3, -0.25) is 14.9 Å². The Morgan fingerprint density at radius 1 is 1.08 bits per heavy atom. The van der Waals surface area contributed by atoms with Crippen LogP contribution in [0.25, 0.3) is 0 Å². The van der Waals surface area contributed by atoms with Gasteiger partial charge in [0.05, 0.1) is 11.5 Å². The summed E-state index contributed by atoms with van der Waals surface area (Å²) < 4.78 is 40.5. The second-order valence-corrected chi connectivity index (χ2v) is 5.06. The lowest BCUT2D eigenvalue weighted by atomic mass is 10.1. The molecule has 25 heavy (non-hydrogen) atoms. The number of rotatable bonds is 6. The highest BCUT2D eigenvalue weighted by Crippen LogP contribution is 2.17. The van der Waals surface area contributed by atoms with Gasteiger partial charge in [-0.15, -0.1) is 0 Å². The maximum absolute atomic E-state index is 12.1. The normalized spacial score (nSPS) is 11.2. The smallest absolute Gasteiger partial charge is 0.367 e. The molecule has 0 saturated carbocycles. The van der Waals surface area contributed by atoms with Crippen LogP contribution in [0, 0.1) is 10.1 Å². The molecule has 1 amide bonds. The van der Waals surface area contributed by atoms with Crippen molar-refractivity contribution in [3.63, 3.8) is 0 Å². The van der Waals surface area contributed by atoms with Gasteiger partial charge in [0.25, 0.3) is 11.6 Å². The van der Waals surface area contributed by atoms with E-state index in [4.69, 9.17) is 0 Å². The lowest BCUT2D eigenvalue weighted by Gasteiger charge is -2.08. The molecule has 0 heterocycles. The summed E-state index contributed by atoms with van der Waals surface area (Å²) in [6.07, 6.45) is -4.38. The van der Waals surface area contributed by atoms with Crippen molar-refractivity contribution in [2.75, 3.05) is 11.9 Å². The summed E-state index contributed by atoms with van der Waals surface area (Å²) >= 11 is 0. The highest BCUT2D eigenvalue weighted by Gasteiger charge is 2.27. The first-order valence-electron chi connectivity index (χ1n) is 7.04. The van der Waals surface area contributed by atoms with Gasteiger partial charge in [-0.2, -0.15) is 13.2 Å². The minimum Gasteiger partial charge on any atom is -0.367 e. The number of benzene rings is 2. The Labute approximate surface area is 140 Å². The van der Waals surface area contributed by atoms with E-state index < -0.39 is 23.6 Å². The van der Waals surface area contributed by atoms with Crippen molar-refractivity contribution < 1.29 is 27.6 Å². The molecule has 0 fully saturated rings. The predicted molar refractivity (Wildman–Crippen MR) is 83.2 cm³/mol. The fourth-order valence-corrected chi connectivity index (χ4v) is 1.91. The number of carbonyl (C=O) groups excluding carboxylic acids is 1. The van der Waals surface area contributed by atoms with Crippen LogP contribution in [-0.4, -0.2) is 23.6 Å². The quantitative estimate of drug-likeness (QED) is 0.630. The van der Waals surface area contributed by atoms with E-state index in [0.717, 1.165) is 0 Å². The number of non-ortho nitro benzene ring substituents is 1. The van der Waals surface area contributed by atoms with Gasteiger partial charge >= 0.3 is 6.18 Å². The number of anilines is 1. The van der Waals surface area contributed by atoms with Crippen molar-refractivity contribution in [3.8, 4) is 0 Å². The van der Waals surface area contributed by atoms with Gasteiger partial charge in [0.15, 0.2) is 0 Å². The molecule has 1 N–H and O–H groups in total. The third-order valence-electron chi connectivity index (χ3n) is 3.09. The molecule has 0 spiro atoms. The first kappa shape index (κ1) is 18.4. The number of hydrogen-bond acceptors (Lipinski definition) is 4. The predicted octanol–water partition coefficient (Wildman–Crippen LogP) is 3.93. The molecule has 0 aromatic heterocycles. The van der Waals surface area contributed by atoms with Gasteiger partial charge in [0, 0.05) is 23.4 Å². The molecular formula is C16H13F3N2O4. The minimum absolute atomic E-state index is 0.0961. The summed E-state index contributed by atoms with van der Waals surface area (Å²) in [5.41, 5.74) is 1.07. The number of hydrogen-bond donors (Lipinski definition) is 1. The molecule has 0 aliphatic rings. The highest BCUT2D eigenvalue weighted by atomic mass is 19.4. The molecule has 0 aliphatic heterocycles. The zero-order chi connectivity index (χ0) is 18.4. The van der Waals surface area contributed by atoms with Crippen molar-refractivity contribution in [3.05, 3.63) is 69.8 Å². The molecule has 2 rings (SSSR count). The van der Waals surface area contributed by atoms with E-state index in [1.807, 2.05) is 0 Å². The number of alkyl halides is 3. The number of carbonyl (C=O) groups is 1. The van der Waals surface area contributed by atoms with E-state index >= 15 is 0 Å². The first-order valence-corrected chi connectivity index (χ1v) is 7.04. The number of halogens is 3. The molecule has 9 heteroatoms. The van der Waals surface area contributed by atoms with E-state index in [0.29, 0.717) is 11.3 Å². The van der Waals surface area contributed by atoms with E-state index in [1.165, 1.54) is 48.5 Å². The maximum atomic E-state index is 12.1. The van der Waals surface area contributed by atoms with Crippen LogP contribution < -0.4 is 5.32 Å². The van der Waals surface area contributed by atoms with Crippen molar-refractivity contribution in [1.82, 2.24) is 0 Å². The number of amides is 1. The van der Waals surface area contributed by atoms with Crippen molar-refractivity contribution in [2.45, 2.75) is 12.8 Å². The fourth-order valence-electron chi connectivity index (χ4n) is 1.91. The van der Waals surface area contributed by atoms with Crippen LogP contribution in [0.5, 0.6) is 0 Å². The first-order chi connectivity index (χ1) is 11.7. The summed E-state index contributed by atoms with van der Waals surface area (Å²) in [6.45, 7) is -1.56. The standard InChI is InChI=1S/C16H13F3N2O4/c17-16(18,19)10-25-9-11-1-3-12(4-2-11)15(22)20-13-5-7-14(8-6-13)21(23)24/h1-8H,9-10H2,(H,20,22). The van der Waals surface area contributed by atoms with E-state index in [-0.39, 0.29) is 17.9 Å². The highest BCUT2D eigenvalue weighted by molar-refractivity contribution is 6.04. The Hall–Kier alpha value is -2.94. The molecule has 0 saturated heterocycles. The van der Waals surface area contributed by atoms with Crippen LogP contribution >= 0.6 is 0 Å². The number of nitrogens with zero attached hydrogens (tertiary/aromatic N) is 1. The Morgan fingerprint density at radius 3 is 2.20 bits per heavy atom. The average molecular weight is 354 g/mol. The Balaban J connectivity index is 1.92. The van der Waals surface area contributed by atoms with Crippen LogP contribution in [0.1, 0.15) is 15.9 Å².